The van der Waals surface area contributed by atoms with Crippen molar-refractivity contribution in [3.63, 3.8) is 0 Å². The van der Waals surface area contributed by atoms with E-state index in [9.17, 15) is 17.4 Å². The quantitative estimate of drug-likeness (QED) is 0.715. The number of rotatable bonds is 1. The number of benzene rings is 1. The van der Waals surface area contributed by atoms with Gasteiger partial charge in [-0.2, -0.15) is 13.2 Å². The van der Waals surface area contributed by atoms with Crippen molar-refractivity contribution in [1.29, 1.82) is 0 Å². The summed E-state index contributed by atoms with van der Waals surface area (Å²) in [7, 11) is -2.90. The molecule has 0 saturated heterocycles. The monoisotopic (exact) mass is 224 g/mol. The normalized spacial score (nSPS) is 12.6. The van der Waals surface area contributed by atoms with Gasteiger partial charge in [-0.15, -0.1) is 0 Å². The number of halogens is 3. The Kier molecular flexibility index (Phi) is 5.45. The average molecular weight is 224 g/mol. The Morgan fingerprint density at radius 2 is 1.50 bits per heavy atom. The van der Waals surface area contributed by atoms with E-state index in [-0.39, 0.29) is 4.90 Å². The Bertz CT molecular complexity index is 282. The molecule has 1 unspecified atom stereocenters. The van der Waals surface area contributed by atoms with Crippen molar-refractivity contribution < 1.29 is 17.4 Å². The third-order valence-electron chi connectivity index (χ3n) is 1.17. The van der Waals surface area contributed by atoms with E-state index in [0.717, 1.165) is 0 Å². The minimum atomic E-state index is -4.67. The van der Waals surface area contributed by atoms with Gasteiger partial charge < -0.3 is 0 Å². The van der Waals surface area contributed by atoms with E-state index in [4.69, 9.17) is 0 Å². The van der Waals surface area contributed by atoms with E-state index >= 15 is 0 Å². The van der Waals surface area contributed by atoms with Crippen LogP contribution in [0.5, 0.6) is 0 Å². The lowest BCUT2D eigenvalue weighted by atomic mass is 10.4. The lowest BCUT2D eigenvalue weighted by molar-refractivity contribution is -0.0384. The summed E-state index contributed by atoms with van der Waals surface area (Å²) in [4.78, 5) is -0.218. The maximum absolute atomic E-state index is 11.8. The summed E-state index contributed by atoms with van der Waals surface area (Å²) in [5, 5.41) is 0. The van der Waals surface area contributed by atoms with E-state index in [1.165, 1.54) is 24.3 Å². The molecule has 0 aliphatic carbocycles. The summed E-state index contributed by atoms with van der Waals surface area (Å²) in [6.07, 6.45) is 0. The van der Waals surface area contributed by atoms with Crippen molar-refractivity contribution in [1.82, 2.24) is 0 Å². The van der Waals surface area contributed by atoms with Crippen LogP contribution in [0.25, 0.3) is 0 Å². The first kappa shape index (κ1) is 13.2. The van der Waals surface area contributed by atoms with Gasteiger partial charge in [0.1, 0.15) is 0 Å². The van der Waals surface area contributed by atoms with Gasteiger partial charge in [0.2, 0.25) is 0 Å². The lowest BCUT2D eigenvalue weighted by Gasteiger charge is -2.04. The Hall–Kier alpha value is -0.840. The second-order valence-electron chi connectivity index (χ2n) is 2.03. The number of hydrogen-bond donors (Lipinski definition) is 0. The van der Waals surface area contributed by atoms with E-state index < -0.39 is 16.3 Å². The van der Waals surface area contributed by atoms with E-state index in [0.29, 0.717) is 0 Å². The summed E-state index contributed by atoms with van der Waals surface area (Å²) in [5.74, 6) is 0. The summed E-state index contributed by atoms with van der Waals surface area (Å²) in [6.45, 7) is 4.00. The zero-order valence-electron chi connectivity index (χ0n) is 7.84. The fraction of sp³-hybridized carbons (Fsp3) is 0.333. The topological polar surface area (TPSA) is 17.1 Å². The predicted octanol–water partition coefficient (Wildman–Crippen LogP) is 3.34. The minimum Gasteiger partial charge on any atom is -0.245 e. The highest BCUT2D eigenvalue weighted by Gasteiger charge is 2.37. The Morgan fingerprint density at radius 1 is 1.07 bits per heavy atom. The zero-order chi connectivity index (χ0) is 11.2. The van der Waals surface area contributed by atoms with E-state index in [1.54, 1.807) is 6.07 Å². The molecule has 1 aromatic carbocycles. The van der Waals surface area contributed by atoms with Crippen LogP contribution in [0.2, 0.25) is 0 Å². The Balaban J connectivity index is 0.000000791. The van der Waals surface area contributed by atoms with Crippen LogP contribution in [0.3, 0.4) is 0 Å². The van der Waals surface area contributed by atoms with Gasteiger partial charge in [-0.25, -0.2) is 4.21 Å². The van der Waals surface area contributed by atoms with Crippen molar-refractivity contribution >= 4 is 10.8 Å². The number of hydrogen-bond acceptors (Lipinski definition) is 1. The molecule has 14 heavy (non-hydrogen) atoms. The van der Waals surface area contributed by atoms with Crippen LogP contribution in [0.1, 0.15) is 13.8 Å². The van der Waals surface area contributed by atoms with Gasteiger partial charge >= 0.3 is 5.51 Å². The molecule has 0 amide bonds. The van der Waals surface area contributed by atoms with Gasteiger partial charge in [-0.05, 0) is 12.1 Å². The van der Waals surface area contributed by atoms with Crippen LogP contribution >= 0.6 is 0 Å². The van der Waals surface area contributed by atoms with Gasteiger partial charge in [0.15, 0.2) is 10.8 Å². The molecule has 1 atom stereocenters. The molecule has 0 aliphatic heterocycles. The summed E-state index contributed by atoms with van der Waals surface area (Å²) < 4.78 is 46.2. The van der Waals surface area contributed by atoms with Crippen molar-refractivity contribution in [2.24, 2.45) is 0 Å². The second-order valence-corrected chi connectivity index (χ2v) is 3.50. The maximum atomic E-state index is 11.8. The van der Waals surface area contributed by atoms with E-state index in [2.05, 4.69) is 0 Å². The fourth-order valence-electron chi connectivity index (χ4n) is 0.678. The third kappa shape index (κ3) is 3.91. The SMILES string of the molecule is CC.O=S(c1ccccc1)C(F)(F)F. The Labute approximate surface area is 83.4 Å². The van der Waals surface area contributed by atoms with Crippen molar-refractivity contribution in [2.45, 2.75) is 24.3 Å². The molecule has 1 aromatic rings. The van der Waals surface area contributed by atoms with Crippen molar-refractivity contribution in [2.75, 3.05) is 0 Å². The fourth-order valence-corrected chi connectivity index (χ4v) is 1.35. The molecule has 1 rings (SSSR count). The van der Waals surface area contributed by atoms with Gasteiger partial charge in [-0.3, -0.25) is 0 Å². The van der Waals surface area contributed by atoms with Crippen LogP contribution in [0.15, 0.2) is 35.2 Å². The highest BCUT2D eigenvalue weighted by atomic mass is 32.2. The molecule has 0 bridgehead atoms. The molecule has 80 valence electrons. The van der Waals surface area contributed by atoms with Gasteiger partial charge in [0.25, 0.3) is 0 Å². The van der Waals surface area contributed by atoms with Crippen LogP contribution in [-0.2, 0) is 10.8 Å². The standard InChI is InChI=1S/C7H5F3OS.C2H6/c8-7(9,10)12(11)6-4-2-1-3-5-6;1-2/h1-5H;1-2H3. The molecule has 1 nitrogen and oxygen atoms in total. The van der Waals surface area contributed by atoms with Crippen molar-refractivity contribution in [3.05, 3.63) is 30.3 Å². The zero-order valence-corrected chi connectivity index (χ0v) is 8.65. The molecule has 0 heterocycles. The van der Waals surface area contributed by atoms with Crippen molar-refractivity contribution in [3.8, 4) is 0 Å². The predicted molar refractivity (Wildman–Crippen MR) is 50.3 cm³/mol. The largest absolute Gasteiger partial charge is 0.475 e. The third-order valence-corrected chi connectivity index (χ3v) is 2.29. The van der Waals surface area contributed by atoms with Gasteiger partial charge in [0.05, 0.1) is 0 Å². The molecule has 0 spiro atoms. The molecule has 0 aromatic heterocycles. The first-order valence-corrected chi connectivity index (χ1v) is 5.20. The first-order valence-electron chi connectivity index (χ1n) is 4.05. The molecular weight excluding hydrogens is 213 g/mol. The second kappa shape index (κ2) is 5.80. The van der Waals surface area contributed by atoms with Crippen LogP contribution in [0.4, 0.5) is 13.2 Å². The lowest BCUT2D eigenvalue weighted by Crippen LogP contribution is -2.15. The van der Waals surface area contributed by atoms with Gasteiger partial charge in [-0.1, -0.05) is 32.0 Å². The Morgan fingerprint density at radius 3 is 1.86 bits per heavy atom. The highest BCUT2D eigenvalue weighted by molar-refractivity contribution is 7.86. The van der Waals surface area contributed by atoms with Gasteiger partial charge in [0, 0.05) is 4.90 Å². The number of alkyl halides is 3. The summed E-state index contributed by atoms with van der Waals surface area (Å²) in [5.41, 5.74) is -4.67. The molecule has 0 N–H and O–H groups in total. The molecular formula is C9H11F3OS. The van der Waals surface area contributed by atoms with Crippen LogP contribution < -0.4 is 0 Å². The first-order chi connectivity index (χ1) is 6.52. The average Bonchev–Trinajstić information content (AvgIpc) is 2.20. The van der Waals surface area contributed by atoms with Crippen LogP contribution in [-0.4, -0.2) is 9.72 Å². The molecule has 5 heteroatoms. The minimum absolute atomic E-state index is 0.218. The molecule has 0 radical (unpaired) electrons. The van der Waals surface area contributed by atoms with Crippen LogP contribution in [0, 0.1) is 0 Å². The summed E-state index contributed by atoms with van der Waals surface area (Å²) in [6, 6.07) is 6.77. The smallest absolute Gasteiger partial charge is 0.245 e. The molecule has 0 fully saturated rings. The summed E-state index contributed by atoms with van der Waals surface area (Å²) >= 11 is 0. The maximum Gasteiger partial charge on any atom is 0.475 e. The highest BCUT2D eigenvalue weighted by Crippen LogP contribution is 2.25. The van der Waals surface area contributed by atoms with E-state index in [1.807, 2.05) is 13.8 Å². The molecule has 0 aliphatic rings. The molecule has 0 saturated carbocycles.